The highest BCUT2D eigenvalue weighted by atomic mass is 16.5. The fourth-order valence-corrected chi connectivity index (χ4v) is 1.92. The molecular formula is C14H20N2O3. The number of rotatable bonds is 5. The molecule has 5 heteroatoms. The largest absolute Gasteiger partial charge is 0.495 e. The highest BCUT2D eigenvalue weighted by molar-refractivity contribution is 5.93. The van der Waals surface area contributed by atoms with Crippen molar-refractivity contribution in [3.05, 3.63) is 23.8 Å². The van der Waals surface area contributed by atoms with Gasteiger partial charge in [0.25, 0.3) is 5.91 Å². The Balaban J connectivity index is 1.92. The molecule has 1 aliphatic rings. The molecule has 1 amide bonds. The first kappa shape index (κ1) is 13.8. The van der Waals surface area contributed by atoms with Gasteiger partial charge in [-0.25, -0.2) is 0 Å². The number of aryl methyl sites for hydroxylation is 1. The molecule has 1 heterocycles. The van der Waals surface area contributed by atoms with Crippen molar-refractivity contribution in [3.8, 4) is 5.75 Å². The predicted molar refractivity (Wildman–Crippen MR) is 73.6 cm³/mol. The third kappa shape index (κ3) is 3.45. The number of benzene rings is 1. The Morgan fingerprint density at radius 1 is 1.47 bits per heavy atom. The number of carbonyl (C=O) groups excluding carboxylic acids is 1. The molecule has 2 rings (SSSR count). The molecule has 1 aromatic carbocycles. The fourth-order valence-electron chi connectivity index (χ4n) is 1.92. The lowest BCUT2D eigenvalue weighted by molar-refractivity contribution is -0.130. The SMILES string of the molecule is COc1ccc(C)cc1NC(=O)COC1(C)CNC1. The Hall–Kier alpha value is -1.59. The van der Waals surface area contributed by atoms with Crippen LogP contribution >= 0.6 is 0 Å². The molecule has 0 saturated carbocycles. The summed E-state index contributed by atoms with van der Waals surface area (Å²) in [5.74, 6) is 0.479. The van der Waals surface area contributed by atoms with E-state index in [1.54, 1.807) is 7.11 Å². The van der Waals surface area contributed by atoms with Gasteiger partial charge in [-0.2, -0.15) is 0 Å². The molecule has 1 aliphatic heterocycles. The zero-order chi connectivity index (χ0) is 13.9. The first-order valence-electron chi connectivity index (χ1n) is 6.32. The van der Waals surface area contributed by atoms with Crippen molar-refractivity contribution in [2.24, 2.45) is 0 Å². The second kappa shape index (κ2) is 5.59. The van der Waals surface area contributed by atoms with Gasteiger partial charge >= 0.3 is 0 Å². The van der Waals surface area contributed by atoms with Crippen LogP contribution in [0, 0.1) is 6.92 Å². The molecule has 0 unspecified atom stereocenters. The molecule has 0 bridgehead atoms. The highest BCUT2D eigenvalue weighted by Crippen LogP contribution is 2.25. The molecule has 0 radical (unpaired) electrons. The molecule has 19 heavy (non-hydrogen) atoms. The summed E-state index contributed by atoms with van der Waals surface area (Å²) in [4.78, 5) is 11.9. The Bertz CT molecular complexity index is 470. The van der Waals surface area contributed by atoms with E-state index in [-0.39, 0.29) is 18.1 Å². The average Bonchev–Trinajstić information content (AvgIpc) is 2.34. The summed E-state index contributed by atoms with van der Waals surface area (Å²) in [5, 5.41) is 5.94. The van der Waals surface area contributed by atoms with Crippen LogP contribution in [-0.2, 0) is 9.53 Å². The quantitative estimate of drug-likeness (QED) is 0.842. The van der Waals surface area contributed by atoms with Crippen molar-refractivity contribution in [3.63, 3.8) is 0 Å². The van der Waals surface area contributed by atoms with Gasteiger partial charge in [0.1, 0.15) is 12.4 Å². The van der Waals surface area contributed by atoms with Gasteiger partial charge in [-0.1, -0.05) is 6.07 Å². The minimum atomic E-state index is -0.214. The second-order valence-corrected chi connectivity index (χ2v) is 5.09. The summed E-state index contributed by atoms with van der Waals surface area (Å²) in [6.45, 7) is 5.58. The van der Waals surface area contributed by atoms with Gasteiger partial charge in [-0.15, -0.1) is 0 Å². The number of hydrogen-bond donors (Lipinski definition) is 2. The number of amides is 1. The number of hydrogen-bond acceptors (Lipinski definition) is 4. The highest BCUT2D eigenvalue weighted by Gasteiger charge is 2.33. The van der Waals surface area contributed by atoms with E-state index in [9.17, 15) is 4.79 Å². The summed E-state index contributed by atoms with van der Waals surface area (Å²) in [6, 6.07) is 5.65. The van der Waals surface area contributed by atoms with Gasteiger partial charge in [-0.3, -0.25) is 4.79 Å². The molecule has 1 fully saturated rings. The average molecular weight is 264 g/mol. The van der Waals surface area contributed by atoms with Crippen molar-refractivity contribution >= 4 is 11.6 Å². The van der Waals surface area contributed by atoms with E-state index >= 15 is 0 Å². The first-order valence-corrected chi connectivity index (χ1v) is 6.32. The second-order valence-electron chi connectivity index (χ2n) is 5.09. The molecule has 2 N–H and O–H groups in total. The number of anilines is 1. The van der Waals surface area contributed by atoms with Crippen molar-refractivity contribution in [2.45, 2.75) is 19.4 Å². The van der Waals surface area contributed by atoms with Gasteiger partial charge < -0.3 is 20.1 Å². The van der Waals surface area contributed by atoms with Crippen LogP contribution in [0.4, 0.5) is 5.69 Å². The van der Waals surface area contributed by atoms with Gasteiger partial charge in [0, 0.05) is 13.1 Å². The van der Waals surface area contributed by atoms with Crippen LogP contribution < -0.4 is 15.4 Å². The molecule has 0 aliphatic carbocycles. The zero-order valence-corrected chi connectivity index (χ0v) is 11.6. The normalized spacial score (nSPS) is 16.6. The van der Waals surface area contributed by atoms with Crippen molar-refractivity contribution < 1.29 is 14.3 Å². The number of methoxy groups -OCH3 is 1. The third-order valence-corrected chi connectivity index (χ3v) is 3.18. The van der Waals surface area contributed by atoms with Gasteiger partial charge in [0.2, 0.25) is 0 Å². The minimum Gasteiger partial charge on any atom is -0.495 e. The Morgan fingerprint density at radius 2 is 2.21 bits per heavy atom. The summed E-state index contributed by atoms with van der Waals surface area (Å²) >= 11 is 0. The predicted octanol–water partition coefficient (Wildman–Crippen LogP) is 1.32. The minimum absolute atomic E-state index is 0.0509. The van der Waals surface area contributed by atoms with E-state index < -0.39 is 0 Å². The maximum absolute atomic E-state index is 11.9. The summed E-state index contributed by atoms with van der Waals surface area (Å²) in [5.41, 5.74) is 1.52. The maximum Gasteiger partial charge on any atom is 0.250 e. The summed E-state index contributed by atoms with van der Waals surface area (Å²) in [6.07, 6.45) is 0. The Kier molecular flexibility index (Phi) is 4.07. The topological polar surface area (TPSA) is 59.6 Å². The van der Waals surface area contributed by atoms with E-state index in [2.05, 4.69) is 10.6 Å². The molecule has 0 spiro atoms. The lowest BCUT2D eigenvalue weighted by Gasteiger charge is -2.38. The Labute approximate surface area is 113 Å². The molecule has 5 nitrogen and oxygen atoms in total. The summed E-state index contributed by atoms with van der Waals surface area (Å²) < 4.78 is 10.8. The van der Waals surface area contributed by atoms with Crippen LogP contribution in [0.15, 0.2) is 18.2 Å². The lowest BCUT2D eigenvalue weighted by Crippen LogP contribution is -2.59. The van der Waals surface area contributed by atoms with Crippen LogP contribution in [0.3, 0.4) is 0 Å². The van der Waals surface area contributed by atoms with Crippen molar-refractivity contribution in [2.75, 3.05) is 32.1 Å². The van der Waals surface area contributed by atoms with Crippen LogP contribution in [0.1, 0.15) is 12.5 Å². The number of ether oxygens (including phenoxy) is 2. The number of carbonyl (C=O) groups is 1. The standard InChI is InChI=1S/C14H20N2O3/c1-10-4-5-12(18-3)11(6-10)16-13(17)7-19-14(2)8-15-9-14/h4-6,15H,7-9H2,1-3H3,(H,16,17). The molecular weight excluding hydrogens is 244 g/mol. The Morgan fingerprint density at radius 3 is 2.79 bits per heavy atom. The monoisotopic (exact) mass is 264 g/mol. The van der Waals surface area contributed by atoms with Gasteiger partial charge in [-0.05, 0) is 31.5 Å². The van der Waals surface area contributed by atoms with Crippen molar-refractivity contribution in [1.29, 1.82) is 0 Å². The van der Waals surface area contributed by atoms with Gasteiger partial charge in [0.05, 0.1) is 18.4 Å². The molecule has 1 saturated heterocycles. The molecule has 1 aromatic rings. The van der Waals surface area contributed by atoms with Gasteiger partial charge in [0.15, 0.2) is 0 Å². The smallest absolute Gasteiger partial charge is 0.250 e. The van der Waals surface area contributed by atoms with Crippen molar-refractivity contribution in [1.82, 2.24) is 5.32 Å². The van der Waals surface area contributed by atoms with Crippen LogP contribution in [0.5, 0.6) is 5.75 Å². The third-order valence-electron chi connectivity index (χ3n) is 3.18. The van der Waals surface area contributed by atoms with E-state index in [4.69, 9.17) is 9.47 Å². The van der Waals surface area contributed by atoms with Crippen LogP contribution in [0.25, 0.3) is 0 Å². The molecule has 104 valence electrons. The lowest BCUT2D eigenvalue weighted by atomic mass is 10.0. The van der Waals surface area contributed by atoms with Crippen LogP contribution in [-0.4, -0.2) is 38.3 Å². The van der Waals surface area contributed by atoms with E-state index in [1.807, 2.05) is 32.0 Å². The maximum atomic E-state index is 11.9. The van der Waals surface area contributed by atoms with E-state index in [0.717, 1.165) is 18.7 Å². The van der Waals surface area contributed by atoms with E-state index in [0.29, 0.717) is 11.4 Å². The molecule has 0 aromatic heterocycles. The zero-order valence-electron chi connectivity index (χ0n) is 11.6. The number of nitrogens with one attached hydrogen (secondary N) is 2. The molecule has 0 atom stereocenters. The van der Waals surface area contributed by atoms with E-state index in [1.165, 1.54) is 0 Å². The fraction of sp³-hybridized carbons (Fsp3) is 0.500. The first-order chi connectivity index (χ1) is 9.02. The summed E-state index contributed by atoms with van der Waals surface area (Å²) in [7, 11) is 1.58. The van der Waals surface area contributed by atoms with Crippen LogP contribution in [0.2, 0.25) is 0 Å².